The van der Waals surface area contributed by atoms with Gasteiger partial charge >= 0.3 is 6.18 Å². The van der Waals surface area contributed by atoms with Crippen LogP contribution in [0.3, 0.4) is 0 Å². The Kier molecular flexibility index (Phi) is 3.46. The molecular weight excluding hydrogens is 254 g/mol. The molecule has 0 aliphatic heterocycles. The number of benzene rings is 1. The normalized spacial score (nSPS) is 13.0. The fraction of sp³-hybridized carbons (Fsp3) is 0.125. The summed E-state index contributed by atoms with van der Waals surface area (Å²) in [6.07, 6.45) is -4.61. The summed E-state index contributed by atoms with van der Waals surface area (Å²) >= 11 is 10.9. The number of hydrogen-bond donors (Lipinski definition) is 1. The van der Waals surface area contributed by atoms with Crippen LogP contribution in [0.2, 0.25) is 5.02 Å². The molecule has 0 amide bonds. The zero-order chi connectivity index (χ0) is 11.6. The van der Waals surface area contributed by atoms with Crippen LogP contribution in [0.1, 0.15) is 11.1 Å². The predicted octanol–water partition coefficient (Wildman–Crippen LogP) is 3.73. The zero-order valence-corrected chi connectivity index (χ0v) is 8.53. The van der Waals surface area contributed by atoms with Crippen LogP contribution in [0.25, 0.3) is 0 Å². The van der Waals surface area contributed by atoms with Crippen molar-refractivity contribution in [1.29, 1.82) is 0 Å². The SMILES string of the molecule is ON=C(Cl)c1c(Cl)cccc1C(F)(F)F. The summed E-state index contributed by atoms with van der Waals surface area (Å²) in [6, 6.07) is 3.16. The van der Waals surface area contributed by atoms with E-state index < -0.39 is 22.5 Å². The standard InChI is InChI=1S/C8H4Cl2F3NO/c9-5-3-1-2-4(8(11,12)13)6(5)7(10)14-15/h1-3,15H. The molecule has 1 aromatic rings. The smallest absolute Gasteiger partial charge is 0.410 e. The molecule has 0 saturated heterocycles. The number of nitrogens with zero attached hydrogens (tertiary/aromatic N) is 1. The number of alkyl halides is 3. The van der Waals surface area contributed by atoms with Gasteiger partial charge in [0.15, 0.2) is 5.17 Å². The lowest BCUT2D eigenvalue weighted by atomic mass is 10.1. The van der Waals surface area contributed by atoms with Gasteiger partial charge in [-0.2, -0.15) is 13.2 Å². The van der Waals surface area contributed by atoms with Crippen LogP contribution in [-0.4, -0.2) is 10.4 Å². The Balaban J connectivity index is 3.47. The largest absolute Gasteiger partial charge is 0.417 e. The van der Waals surface area contributed by atoms with Crippen molar-refractivity contribution in [2.45, 2.75) is 6.18 Å². The van der Waals surface area contributed by atoms with Gasteiger partial charge in [-0.05, 0) is 12.1 Å². The molecule has 0 aromatic heterocycles. The third-order valence-electron chi connectivity index (χ3n) is 1.61. The van der Waals surface area contributed by atoms with Gasteiger partial charge in [0.05, 0.1) is 10.6 Å². The van der Waals surface area contributed by atoms with Crippen LogP contribution in [0.15, 0.2) is 23.4 Å². The lowest BCUT2D eigenvalue weighted by molar-refractivity contribution is -0.137. The van der Waals surface area contributed by atoms with Gasteiger partial charge in [-0.3, -0.25) is 0 Å². The van der Waals surface area contributed by atoms with Crippen molar-refractivity contribution in [1.82, 2.24) is 0 Å². The molecule has 0 spiro atoms. The number of rotatable bonds is 1. The first-order valence-corrected chi connectivity index (χ1v) is 4.37. The third kappa shape index (κ3) is 2.54. The van der Waals surface area contributed by atoms with Crippen molar-refractivity contribution in [2.75, 3.05) is 0 Å². The van der Waals surface area contributed by atoms with Gasteiger partial charge in [0.2, 0.25) is 0 Å². The molecule has 15 heavy (non-hydrogen) atoms. The molecule has 1 rings (SSSR count). The lowest BCUT2D eigenvalue weighted by Crippen LogP contribution is -2.11. The van der Waals surface area contributed by atoms with E-state index in [1.807, 2.05) is 0 Å². The van der Waals surface area contributed by atoms with E-state index in [2.05, 4.69) is 5.16 Å². The van der Waals surface area contributed by atoms with E-state index in [-0.39, 0.29) is 5.02 Å². The van der Waals surface area contributed by atoms with E-state index in [1.165, 1.54) is 6.07 Å². The van der Waals surface area contributed by atoms with E-state index in [9.17, 15) is 13.2 Å². The Morgan fingerprint density at radius 1 is 1.33 bits per heavy atom. The van der Waals surface area contributed by atoms with Crippen LogP contribution in [0.4, 0.5) is 13.2 Å². The molecule has 0 radical (unpaired) electrons. The van der Waals surface area contributed by atoms with E-state index in [0.29, 0.717) is 0 Å². The summed E-state index contributed by atoms with van der Waals surface area (Å²) in [4.78, 5) is 0. The van der Waals surface area contributed by atoms with Gasteiger partial charge < -0.3 is 5.21 Å². The summed E-state index contributed by atoms with van der Waals surface area (Å²) in [6.45, 7) is 0. The minimum absolute atomic E-state index is 0.229. The zero-order valence-electron chi connectivity index (χ0n) is 7.02. The maximum absolute atomic E-state index is 12.5. The van der Waals surface area contributed by atoms with Gasteiger partial charge in [-0.25, -0.2) is 0 Å². The van der Waals surface area contributed by atoms with Gasteiger partial charge in [0, 0.05) is 5.56 Å². The van der Waals surface area contributed by atoms with Crippen molar-refractivity contribution in [3.63, 3.8) is 0 Å². The molecule has 0 heterocycles. The molecule has 1 aromatic carbocycles. The highest BCUT2D eigenvalue weighted by Gasteiger charge is 2.35. The quantitative estimate of drug-likeness (QED) is 0.464. The van der Waals surface area contributed by atoms with E-state index in [4.69, 9.17) is 28.4 Å². The summed E-state index contributed by atoms with van der Waals surface area (Å²) in [7, 11) is 0. The third-order valence-corrected chi connectivity index (χ3v) is 2.19. The van der Waals surface area contributed by atoms with Gasteiger partial charge in [0.1, 0.15) is 0 Å². The van der Waals surface area contributed by atoms with Gasteiger partial charge in [-0.1, -0.05) is 34.4 Å². The first-order valence-electron chi connectivity index (χ1n) is 3.61. The van der Waals surface area contributed by atoms with Crippen LogP contribution < -0.4 is 0 Å². The first kappa shape index (κ1) is 12.1. The van der Waals surface area contributed by atoms with Crippen molar-refractivity contribution in [2.24, 2.45) is 5.16 Å². The van der Waals surface area contributed by atoms with Gasteiger partial charge in [-0.15, -0.1) is 0 Å². The second-order valence-electron chi connectivity index (χ2n) is 2.55. The first-order chi connectivity index (χ1) is 6.88. The molecule has 1 N–H and O–H groups in total. The Bertz CT molecular complexity index is 403. The number of halogens is 5. The number of oxime groups is 1. The Morgan fingerprint density at radius 3 is 2.40 bits per heavy atom. The molecule has 7 heteroatoms. The molecule has 0 fully saturated rings. The average molecular weight is 258 g/mol. The molecule has 2 nitrogen and oxygen atoms in total. The maximum Gasteiger partial charge on any atom is 0.417 e. The van der Waals surface area contributed by atoms with Crippen molar-refractivity contribution in [3.8, 4) is 0 Å². The number of hydrogen-bond acceptors (Lipinski definition) is 2. The van der Waals surface area contributed by atoms with Crippen LogP contribution in [0, 0.1) is 0 Å². The highest BCUT2D eigenvalue weighted by molar-refractivity contribution is 6.70. The van der Waals surface area contributed by atoms with E-state index >= 15 is 0 Å². The minimum Gasteiger partial charge on any atom is -0.410 e. The molecule has 0 aliphatic rings. The molecule has 0 aliphatic carbocycles. The average Bonchev–Trinajstić information content (AvgIpc) is 2.15. The minimum atomic E-state index is -4.61. The fourth-order valence-electron chi connectivity index (χ4n) is 1.02. The van der Waals surface area contributed by atoms with Gasteiger partial charge in [0.25, 0.3) is 0 Å². The summed E-state index contributed by atoms with van der Waals surface area (Å²) in [5.41, 5.74) is -1.58. The Labute approximate surface area is 92.9 Å². The molecule has 0 saturated carbocycles. The highest BCUT2D eigenvalue weighted by atomic mass is 35.5. The van der Waals surface area contributed by atoms with Crippen molar-refractivity contribution in [3.05, 3.63) is 34.3 Å². The lowest BCUT2D eigenvalue weighted by Gasteiger charge is -2.11. The monoisotopic (exact) mass is 257 g/mol. The second kappa shape index (κ2) is 4.28. The second-order valence-corrected chi connectivity index (χ2v) is 3.32. The molecule has 0 atom stereocenters. The predicted molar refractivity (Wildman–Crippen MR) is 50.6 cm³/mol. The molecular formula is C8H4Cl2F3NO. The topological polar surface area (TPSA) is 32.6 Å². The van der Waals surface area contributed by atoms with Crippen molar-refractivity contribution < 1.29 is 18.4 Å². The van der Waals surface area contributed by atoms with Crippen LogP contribution >= 0.6 is 23.2 Å². The summed E-state index contributed by atoms with van der Waals surface area (Å²) in [5, 5.41) is 9.89. The Morgan fingerprint density at radius 2 is 1.93 bits per heavy atom. The van der Waals surface area contributed by atoms with E-state index in [0.717, 1.165) is 12.1 Å². The van der Waals surface area contributed by atoms with Crippen LogP contribution in [0.5, 0.6) is 0 Å². The summed E-state index contributed by atoms with van der Waals surface area (Å²) in [5.74, 6) is 0. The molecule has 0 unspecified atom stereocenters. The molecule has 0 bridgehead atoms. The highest BCUT2D eigenvalue weighted by Crippen LogP contribution is 2.35. The Hall–Kier alpha value is -0.940. The summed E-state index contributed by atoms with van der Waals surface area (Å²) < 4.78 is 37.4. The van der Waals surface area contributed by atoms with E-state index in [1.54, 1.807) is 0 Å². The van der Waals surface area contributed by atoms with Crippen LogP contribution in [-0.2, 0) is 6.18 Å². The molecule has 82 valence electrons. The maximum atomic E-state index is 12.5. The van der Waals surface area contributed by atoms with Crippen molar-refractivity contribution >= 4 is 28.4 Å². The fourth-order valence-corrected chi connectivity index (χ4v) is 1.54.